The Labute approximate surface area is 102 Å². The molecule has 0 spiro atoms. The third-order valence-corrected chi connectivity index (χ3v) is 2.35. The van der Waals surface area contributed by atoms with E-state index in [1.54, 1.807) is 0 Å². The van der Waals surface area contributed by atoms with Crippen molar-refractivity contribution in [2.45, 2.75) is 53.9 Å². The summed E-state index contributed by atoms with van der Waals surface area (Å²) in [6.07, 6.45) is 3.08. The monoisotopic (exact) mass is 251 g/mol. The number of hydrogen-bond acceptors (Lipinski definition) is 2. The van der Waals surface area contributed by atoms with Gasteiger partial charge >= 0.3 is 0 Å². The van der Waals surface area contributed by atoms with E-state index in [9.17, 15) is 9.00 Å². The SMILES string of the molecule is CC.CCC.CC[C@@H]1C[C@@H]1C(=O)NS(=O)O. The zero-order valence-electron chi connectivity index (χ0n) is 10.9. The minimum Gasteiger partial charge on any atom is -0.289 e. The summed E-state index contributed by atoms with van der Waals surface area (Å²) in [5.74, 6) is 0.118. The van der Waals surface area contributed by atoms with Crippen molar-refractivity contribution in [2.24, 2.45) is 11.8 Å². The summed E-state index contributed by atoms with van der Waals surface area (Å²) in [5, 5.41) is 0. The van der Waals surface area contributed by atoms with Crippen molar-refractivity contribution in [3.05, 3.63) is 0 Å². The summed E-state index contributed by atoms with van der Waals surface area (Å²) in [7, 11) is 0. The molecule has 0 aromatic carbocycles. The van der Waals surface area contributed by atoms with Gasteiger partial charge in [-0.1, -0.05) is 47.5 Å². The number of nitrogens with one attached hydrogen (secondary N) is 1. The second kappa shape index (κ2) is 11.1. The van der Waals surface area contributed by atoms with Gasteiger partial charge in [0.05, 0.1) is 0 Å². The molecule has 1 saturated carbocycles. The molecule has 0 radical (unpaired) electrons. The van der Waals surface area contributed by atoms with E-state index in [0.717, 1.165) is 12.8 Å². The minimum atomic E-state index is -2.19. The molecule has 1 aliphatic rings. The molecule has 3 atom stereocenters. The molecule has 0 aromatic rings. The summed E-state index contributed by atoms with van der Waals surface area (Å²) in [6.45, 7) is 10.3. The van der Waals surface area contributed by atoms with Crippen LogP contribution in [0.15, 0.2) is 0 Å². The molecule has 0 aliphatic heterocycles. The van der Waals surface area contributed by atoms with Gasteiger partial charge in [-0.3, -0.25) is 14.1 Å². The number of hydrogen-bond donors (Lipinski definition) is 2. The molecule has 1 rings (SSSR count). The zero-order valence-corrected chi connectivity index (χ0v) is 11.8. The van der Waals surface area contributed by atoms with Crippen LogP contribution < -0.4 is 4.72 Å². The first kappa shape index (κ1) is 18.0. The summed E-state index contributed by atoms with van der Waals surface area (Å²) in [5.41, 5.74) is 0. The van der Waals surface area contributed by atoms with Crippen LogP contribution in [0.1, 0.15) is 53.9 Å². The lowest BCUT2D eigenvalue weighted by atomic mass is 10.2. The molecule has 0 saturated heterocycles. The van der Waals surface area contributed by atoms with E-state index >= 15 is 0 Å². The topological polar surface area (TPSA) is 66.4 Å². The molecule has 1 aliphatic carbocycles. The molecule has 5 heteroatoms. The molecule has 1 unspecified atom stereocenters. The molecule has 0 bridgehead atoms. The maximum atomic E-state index is 10.9. The van der Waals surface area contributed by atoms with Crippen LogP contribution in [0.3, 0.4) is 0 Å². The molecule has 98 valence electrons. The molecule has 1 fully saturated rings. The zero-order chi connectivity index (χ0) is 13.1. The fourth-order valence-electron chi connectivity index (χ4n) is 1.18. The van der Waals surface area contributed by atoms with Crippen molar-refractivity contribution in [3.8, 4) is 0 Å². The Morgan fingerprint density at radius 3 is 2.06 bits per heavy atom. The van der Waals surface area contributed by atoms with Crippen molar-refractivity contribution >= 4 is 17.2 Å². The minimum absolute atomic E-state index is 0.0175. The standard InChI is InChI=1S/C6H11NO3S.C3H8.C2H6/c1-2-4-3-5(4)6(8)7-11(9)10;1-3-2;1-2/h4-5H,2-3H2,1H3,(H,7,8)(H,9,10);3H2,1-2H3;1-2H3/t4-,5+;;/m1../s1. The largest absolute Gasteiger partial charge is 0.289 e. The molecule has 1 amide bonds. The molecular weight excluding hydrogens is 226 g/mol. The highest BCUT2D eigenvalue weighted by atomic mass is 32.2. The summed E-state index contributed by atoms with van der Waals surface area (Å²) >= 11 is -2.19. The lowest BCUT2D eigenvalue weighted by Gasteiger charge is -1.96. The highest BCUT2D eigenvalue weighted by molar-refractivity contribution is 7.77. The number of carbonyl (C=O) groups is 1. The average molecular weight is 251 g/mol. The Hall–Kier alpha value is -0.420. The first-order chi connectivity index (χ1) is 7.56. The van der Waals surface area contributed by atoms with Crippen LogP contribution in [-0.4, -0.2) is 14.7 Å². The van der Waals surface area contributed by atoms with Gasteiger partial charge in [0.2, 0.25) is 5.91 Å². The van der Waals surface area contributed by atoms with Gasteiger partial charge in [-0.2, -0.15) is 0 Å². The predicted molar refractivity (Wildman–Crippen MR) is 68.1 cm³/mol. The fourth-order valence-corrected chi connectivity index (χ4v) is 1.51. The van der Waals surface area contributed by atoms with E-state index in [1.807, 2.05) is 25.5 Å². The third kappa shape index (κ3) is 8.85. The van der Waals surface area contributed by atoms with Crippen LogP contribution in [0.2, 0.25) is 0 Å². The van der Waals surface area contributed by atoms with Gasteiger partial charge in [-0.05, 0) is 12.3 Å². The van der Waals surface area contributed by atoms with Gasteiger partial charge in [0.1, 0.15) is 0 Å². The van der Waals surface area contributed by atoms with E-state index < -0.39 is 11.3 Å². The summed E-state index contributed by atoms with van der Waals surface area (Å²) in [6, 6.07) is 0. The number of rotatable bonds is 3. The summed E-state index contributed by atoms with van der Waals surface area (Å²) < 4.78 is 20.4. The highest BCUT2D eigenvalue weighted by Gasteiger charge is 2.41. The second-order valence-corrected chi connectivity index (χ2v) is 4.14. The predicted octanol–water partition coefficient (Wildman–Crippen LogP) is 2.73. The molecular formula is C11H25NO3S. The van der Waals surface area contributed by atoms with Gasteiger partial charge < -0.3 is 0 Å². The quantitative estimate of drug-likeness (QED) is 0.758. The van der Waals surface area contributed by atoms with Crippen molar-refractivity contribution in [3.63, 3.8) is 0 Å². The lowest BCUT2D eigenvalue weighted by Crippen LogP contribution is -2.26. The summed E-state index contributed by atoms with van der Waals surface area (Å²) in [4.78, 5) is 10.9. The van der Waals surface area contributed by atoms with Crippen LogP contribution in [0, 0.1) is 11.8 Å². The first-order valence-electron chi connectivity index (χ1n) is 5.98. The molecule has 0 heterocycles. The Balaban J connectivity index is 0. The lowest BCUT2D eigenvalue weighted by molar-refractivity contribution is -0.120. The molecule has 2 N–H and O–H groups in total. The number of carbonyl (C=O) groups excluding carboxylic acids is 1. The Kier molecular flexibility index (Phi) is 12.4. The first-order valence-corrected chi connectivity index (χ1v) is 7.08. The Morgan fingerprint density at radius 2 is 1.81 bits per heavy atom. The van der Waals surface area contributed by atoms with E-state index in [1.165, 1.54) is 6.42 Å². The molecule has 4 nitrogen and oxygen atoms in total. The van der Waals surface area contributed by atoms with Crippen LogP contribution in [0.4, 0.5) is 0 Å². The van der Waals surface area contributed by atoms with E-state index in [-0.39, 0.29) is 11.8 Å². The van der Waals surface area contributed by atoms with E-state index in [2.05, 4.69) is 13.8 Å². The van der Waals surface area contributed by atoms with Crippen LogP contribution >= 0.6 is 0 Å². The van der Waals surface area contributed by atoms with Crippen molar-refractivity contribution in [1.29, 1.82) is 0 Å². The van der Waals surface area contributed by atoms with Crippen molar-refractivity contribution in [1.82, 2.24) is 4.72 Å². The van der Waals surface area contributed by atoms with Gasteiger partial charge in [-0.25, -0.2) is 4.21 Å². The fraction of sp³-hybridized carbons (Fsp3) is 0.909. The van der Waals surface area contributed by atoms with Crippen LogP contribution in [0.5, 0.6) is 0 Å². The van der Waals surface area contributed by atoms with Crippen molar-refractivity contribution < 1.29 is 13.6 Å². The maximum Gasteiger partial charge on any atom is 0.261 e. The average Bonchev–Trinajstić information content (AvgIpc) is 3.00. The van der Waals surface area contributed by atoms with E-state index in [0.29, 0.717) is 5.92 Å². The van der Waals surface area contributed by atoms with Crippen LogP contribution in [-0.2, 0) is 16.1 Å². The smallest absolute Gasteiger partial charge is 0.261 e. The van der Waals surface area contributed by atoms with Gasteiger partial charge in [0, 0.05) is 5.92 Å². The van der Waals surface area contributed by atoms with E-state index in [4.69, 9.17) is 4.55 Å². The molecule has 0 aromatic heterocycles. The number of amides is 1. The van der Waals surface area contributed by atoms with Crippen LogP contribution in [0.25, 0.3) is 0 Å². The highest BCUT2D eigenvalue weighted by Crippen LogP contribution is 2.40. The third-order valence-electron chi connectivity index (χ3n) is 1.97. The van der Waals surface area contributed by atoms with Gasteiger partial charge in [-0.15, -0.1) is 0 Å². The second-order valence-electron chi connectivity index (χ2n) is 3.43. The Bertz CT molecular complexity index is 209. The van der Waals surface area contributed by atoms with Crippen molar-refractivity contribution in [2.75, 3.05) is 0 Å². The maximum absolute atomic E-state index is 10.9. The van der Waals surface area contributed by atoms with Gasteiger partial charge in [0.15, 0.2) is 0 Å². The normalized spacial score (nSPS) is 22.9. The van der Waals surface area contributed by atoms with Gasteiger partial charge in [0.25, 0.3) is 11.3 Å². The molecule has 16 heavy (non-hydrogen) atoms. The Morgan fingerprint density at radius 1 is 1.38 bits per heavy atom.